The van der Waals surface area contributed by atoms with Crippen LogP contribution >= 0.6 is 15.8 Å². The molecule has 244 valence electrons. The van der Waals surface area contributed by atoms with Gasteiger partial charge < -0.3 is 9.84 Å². The number of aliphatic hydroxyl groups excluding tert-OH is 1. The molecule has 6 rings (SSSR count). The summed E-state index contributed by atoms with van der Waals surface area (Å²) in [6, 6.07) is 42.8. The highest BCUT2D eigenvalue weighted by molar-refractivity contribution is 7.77. The quantitative estimate of drug-likeness (QED) is 0.104. The van der Waals surface area contributed by atoms with E-state index in [1.54, 1.807) is 0 Å². The van der Waals surface area contributed by atoms with Crippen LogP contribution in [0.2, 0.25) is 0 Å². The molecule has 48 heavy (non-hydrogen) atoms. The molecule has 0 saturated carbocycles. The van der Waals surface area contributed by atoms with Crippen molar-refractivity contribution in [2.24, 2.45) is 5.92 Å². The van der Waals surface area contributed by atoms with Crippen LogP contribution in [0.1, 0.15) is 46.0 Å². The van der Waals surface area contributed by atoms with Crippen LogP contribution in [0.3, 0.4) is 0 Å². The lowest BCUT2D eigenvalue weighted by molar-refractivity contribution is 0.104. The van der Waals surface area contributed by atoms with Crippen molar-refractivity contribution in [3.63, 3.8) is 0 Å². The van der Waals surface area contributed by atoms with E-state index in [1.807, 2.05) is 25.1 Å². The lowest BCUT2D eigenvalue weighted by Gasteiger charge is -2.30. The van der Waals surface area contributed by atoms with Gasteiger partial charge in [-0.15, -0.1) is 0 Å². The van der Waals surface area contributed by atoms with Gasteiger partial charge in [0.05, 0.1) is 5.66 Å². The van der Waals surface area contributed by atoms with Crippen LogP contribution in [0, 0.1) is 5.92 Å². The van der Waals surface area contributed by atoms with Gasteiger partial charge in [0.15, 0.2) is 0 Å². The van der Waals surface area contributed by atoms with Crippen molar-refractivity contribution >= 4 is 37.1 Å². The second kappa shape index (κ2) is 16.4. The van der Waals surface area contributed by atoms with Gasteiger partial charge in [-0.05, 0) is 80.3 Å². The Hall–Kier alpha value is -3.96. The molecule has 1 aliphatic carbocycles. The van der Waals surface area contributed by atoms with E-state index in [0.29, 0.717) is 12.3 Å². The Kier molecular flexibility index (Phi) is 11.6. The van der Waals surface area contributed by atoms with Gasteiger partial charge in [-0.3, -0.25) is 0 Å². The molecule has 0 radical (unpaired) electrons. The number of hydrogen-bond acceptors (Lipinski definition) is 2. The van der Waals surface area contributed by atoms with Crippen LogP contribution in [0.5, 0.6) is 0 Å². The number of rotatable bonds is 10. The minimum absolute atomic E-state index is 0.0630. The molecular weight excluding hydrogens is 622 g/mol. The Balaban J connectivity index is 1.35. The van der Waals surface area contributed by atoms with E-state index < -0.39 is 15.8 Å². The van der Waals surface area contributed by atoms with Crippen molar-refractivity contribution in [3.8, 4) is 0 Å². The lowest BCUT2D eigenvalue weighted by atomic mass is 9.95. The molecular formula is C44H46O2P2. The number of ether oxygens (including phenoxy) is 1. The van der Waals surface area contributed by atoms with Crippen molar-refractivity contribution in [2.45, 2.75) is 57.7 Å². The second-order valence-electron chi connectivity index (χ2n) is 12.7. The summed E-state index contributed by atoms with van der Waals surface area (Å²) in [5, 5.41) is 17.9. The molecule has 0 bridgehead atoms. The average Bonchev–Trinajstić information content (AvgIpc) is 3.52. The van der Waals surface area contributed by atoms with Crippen LogP contribution in [-0.4, -0.2) is 16.9 Å². The molecule has 0 saturated heterocycles. The monoisotopic (exact) mass is 668 g/mol. The van der Waals surface area contributed by atoms with E-state index >= 15 is 0 Å². The molecule has 2 aliphatic rings. The summed E-state index contributed by atoms with van der Waals surface area (Å²) in [6.07, 6.45) is 13.6. The third-order valence-corrected chi connectivity index (χ3v) is 14.2. The summed E-state index contributed by atoms with van der Waals surface area (Å²) in [7, 11) is -1.73. The molecule has 0 fully saturated rings. The minimum atomic E-state index is -1.01. The van der Waals surface area contributed by atoms with Gasteiger partial charge in [0.25, 0.3) is 0 Å². The Bertz CT molecular complexity index is 1700. The molecule has 4 heteroatoms. The number of aliphatic hydroxyl groups is 1. The fraction of sp³-hybridized carbons (Fsp3) is 0.227. The topological polar surface area (TPSA) is 29.5 Å². The zero-order valence-electron chi connectivity index (χ0n) is 28.1. The van der Waals surface area contributed by atoms with E-state index in [-0.39, 0.29) is 17.5 Å². The van der Waals surface area contributed by atoms with Crippen LogP contribution in [0.15, 0.2) is 180 Å². The van der Waals surface area contributed by atoms with Gasteiger partial charge in [0.2, 0.25) is 0 Å². The van der Waals surface area contributed by atoms with Crippen LogP contribution in [0.25, 0.3) is 0 Å². The van der Waals surface area contributed by atoms with Gasteiger partial charge in [0.1, 0.15) is 17.6 Å². The predicted molar refractivity (Wildman–Crippen MR) is 209 cm³/mol. The Morgan fingerprint density at radius 3 is 1.83 bits per heavy atom. The molecule has 0 spiro atoms. The molecule has 1 N–H and O–H groups in total. The molecule has 1 aliphatic heterocycles. The first kappa shape index (κ1) is 33.9. The van der Waals surface area contributed by atoms with Crippen molar-refractivity contribution in [3.05, 3.63) is 180 Å². The summed E-state index contributed by atoms with van der Waals surface area (Å²) < 4.78 is 7.25. The number of hydrogen-bond donors (Lipinski definition) is 1. The maximum Gasteiger partial charge on any atom is 0.126 e. The third-order valence-electron chi connectivity index (χ3n) is 9.19. The van der Waals surface area contributed by atoms with Crippen molar-refractivity contribution in [2.75, 3.05) is 0 Å². The third kappa shape index (κ3) is 8.01. The summed E-state index contributed by atoms with van der Waals surface area (Å²) in [5.41, 5.74) is 2.38. The standard InChI is InChI=1S/C44H46O2P2/c1-4-18-35(43(45)34(3)47(38-21-9-5-10-22-38)39-23-11-6-12-24-39)32-37-20-17-19-33(2)31-36-29-30-42(44(36)46-37)48(40-25-13-7-14-26-40)41-27-15-8-16-28-41/h4-16,18,21-30,33,37,42,45H,3,17,19-20,31-32H2,1-2H3/b18-4-,43-35-/t33?,37-,42?/m1/s1. The molecule has 4 aromatic carbocycles. The fourth-order valence-corrected chi connectivity index (χ4v) is 11.7. The van der Waals surface area contributed by atoms with E-state index in [9.17, 15) is 5.11 Å². The molecule has 0 aromatic heterocycles. The first-order valence-corrected chi connectivity index (χ1v) is 19.9. The molecule has 3 atom stereocenters. The minimum Gasteiger partial charge on any atom is -0.507 e. The number of allylic oxidation sites excluding steroid dienone is 6. The van der Waals surface area contributed by atoms with Gasteiger partial charge in [0, 0.05) is 11.7 Å². The lowest BCUT2D eigenvalue weighted by Crippen LogP contribution is -2.25. The summed E-state index contributed by atoms with van der Waals surface area (Å²) in [5.74, 6) is 2.00. The highest BCUT2D eigenvalue weighted by atomic mass is 31.1. The van der Waals surface area contributed by atoms with E-state index in [0.717, 1.165) is 42.3 Å². The van der Waals surface area contributed by atoms with E-state index in [4.69, 9.17) is 4.74 Å². The molecule has 2 nitrogen and oxygen atoms in total. The van der Waals surface area contributed by atoms with Crippen LogP contribution in [0.4, 0.5) is 0 Å². The van der Waals surface area contributed by atoms with E-state index in [2.05, 4.69) is 141 Å². The fourth-order valence-electron chi connectivity index (χ4n) is 6.88. The zero-order chi connectivity index (χ0) is 33.3. The first-order valence-electron chi connectivity index (χ1n) is 17.1. The number of benzene rings is 4. The SMILES string of the molecule is C=C(/C(O)=C(\C=C/C)C[C@H]1CCCC(C)CC2=C(O1)C(P(c1ccccc1)c1ccccc1)C=C2)P(c1ccccc1)c1ccccc1. The maximum absolute atomic E-state index is 12.0. The largest absolute Gasteiger partial charge is 0.507 e. The molecule has 1 heterocycles. The predicted octanol–water partition coefficient (Wildman–Crippen LogP) is 10.3. The summed E-state index contributed by atoms with van der Waals surface area (Å²) >= 11 is 0. The van der Waals surface area contributed by atoms with Crippen molar-refractivity contribution < 1.29 is 9.84 Å². The van der Waals surface area contributed by atoms with Gasteiger partial charge in [-0.2, -0.15) is 0 Å². The summed E-state index contributed by atoms with van der Waals surface area (Å²) in [4.78, 5) is 0. The zero-order valence-corrected chi connectivity index (χ0v) is 29.9. The first-order chi connectivity index (χ1) is 23.5. The van der Waals surface area contributed by atoms with Crippen LogP contribution < -0.4 is 21.2 Å². The second-order valence-corrected chi connectivity index (χ2v) is 17.3. The smallest absolute Gasteiger partial charge is 0.126 e. The Morgan fingerprint density at radius 2 is 1.31 bits per heavy atom. The molecule has 2 unspecified atom stereocenters. The highest BCUT2D eigenvalue weighted by Crippen LogP contribution is 2.50. The van der Waals surface area contributed by atoms with Crippen LogP contribution in [-0.2, 0) is 4.74 Å². The Labute approximate surface area is 289 Å². The molecule has 0 amide bonds. The molecule has 4 aromatic rings. The van der Waals surface area contributed by atoms with Gasteiger partial charge in [-0.25, -0.2) is 0 Å². The van der Waals surface area contributed by atoms with Gasteiger partial charge in [-0.1, -0.05) is 166 Å². The van der Waals surface area contributed by atoms with Crippen molar-refractivity contribution in [1.29, 1.82) is 0 Å². The van der Waals surface area contributed by atoms with E-state index in [1.165, 1.54) is 26.8 Å². The summed E-state index contributed by atoms with van der Waals surface area (Å²) in [6.45, 7) is 8.94. The Morgan fingerprint density at radius 1 is 0.792 bits per heavy atom. The van der Waals surface area contributed by atoms with Gasteiger partial charge >= 0.3 is 0 Å². The van der Waals surface area contributed by atoms with Crippen molar-refractivity contribution in [1.82, 2.24) is 0 Å². The maximum atomic E-state index is 12.0. The average molecular weight is 669 g/mol. The highest BCUT2D eigenvalue weighted by Gasteiger charge is 2.35. The normalized spacial score (nSPS) is 20.2.